The summed E-state index contributed by atoms with van der Waals surface area (Å²) in [6.07, 6.45) is 2.59. The number of nitrogens with two attached hydrogens (primary N) is 1. The summed E-state index contributed by atoms with van der Waals surface area (Å²) >= 11 is 0. The lowest BCUT2D eigenvalue weighted by Crippen LogP contribution is -2.35. The molecule has 0 saturated heterocycles. The number of allylic oxidation sites excluding steroid dienone is 2. The predicted molar refractivity (Wildman–Crippen MR) is 149 cm³/mol. The van der Waals surface area contributed by atoms with Gasteiger partial charge in [0.25, 0.3) is 11.7 Å². The van der Waals surface area contributed by atoms with Crippen molar-refractivity contribution in [1.82, 2.24) is 30.8 Å². The minimum absolute atomic E-state index is 0.0350. The van der Waals surface area contributed by atoms with Crippen molar-refractivity contribution in [1.29, 1.82) is 0 Å². The molecule has 222 valence electrons. The number of tetrazole rings is 1. The van der Waals surface area contributed by atoms with E-state index < -0.39 is 5.91 Å². The van der Waals surface area contributed by atoms with Crippen LogP contribution in [0.2, 0.25) is 0 Å². The minimum Gasteiger partial charge on any atom is -0.385 e. The van der Waals surface area contributed by atoms with Crippen LogP contribution in [0.5, 0.6) is 0 Å². The Bertz CT molecular complexity index is 1200. The van der Waals surface area contributed by atoms with E-state index in [1.807, 2.05) is 32.0 Å². The second-order valence-corrected chi connectivity index (χ2v) is 10.5. The first kappa shape index (κ1) is 31.6. The van der Waals surface area contributed by atoms with E-state index in [4.69, 9.17) is 15.2 Å². The zero-order valence-electron chi connectivity index (χ0n) is 23.7. The van der Waals surface area contributed by atoms with Crippen LogP contribution in [0.25, 0.3) is 5.69 Å². The molecule has 41 heavy (non-hydrogen) atoms. The standard InChI is InChI=1S/C28H39N7O6/c1-28(2)18-22(36)25(23(37)19-28)21(10-6-7-11-24(29)38)30-12-14-40-16-17-41-15-13-31-27(39)26-32-34-35(33-26)20-8-4-3-5-9-20/h3-5,8-9,30H,6-7,10-19H2,1-2H3,(H2,29,38)(H,31,39). The number of aromatic nitrogens is 4. The summed E-state index contributed by atoms with van der Waals surface area (Å²) in [4.78, 5) is 50.1. The number of Topliss-reactive ketones (excluding diaryl/α,β-unsaturated/α-hetero) is 2. The Balaban J connectivity index is 1.32. The maximum atomic E-state index is 12.8. The number of carbonyl (C=O) groups excluding carboxylic acids is 4. The fourth-order valence-corrected chi connectivity index (χ4v) is 4.39. The number of unbranched alkanes of at least 4 members (excludes halogenated alkanes) is 1. The van der Waals surface area contributed by atoms with Gasteiger partial charge in [0.2, 0.25) is 5.91 Å². The molecule has 4 N–H and O–H groups in total. The van der Waals surface area contributed by atoms with Gasteiger partial charge in [-0.25, -0.2) is 0 Å². The molecule has 1 fully saturated rings. The van der Waals surface area contributed by atoms with Gasteiger partial charge in [-0.1, -0.05) is 32.0 Å². The molecule has 1 heterocycles. The normalized spacial score (nSPS) is 14.6. The second kappa shape index (κ2) is 15.7. The third-order valence-electron chi connectivity index (χ3n) is 6.33. The lowest BCUT2D eigenvalue weighted by molar-refractivity contribution is -0.127. The van der Waals surface area contributed by atoms with Crippen LogP contribution >= 0.6 is 0 Å². The van der Waals surface area contributed by atoms with E-state index in [9.17, 15) is 19.2 Å². The number of primary amides is 1. The minimum atomic E-state index is -0.448. The van der Waals surface area contributed by atoms with Crippen molar-refractivity contribution in [2.75, 3.05) is 39.5 Å². The maximum Gasteiger partial charge on any atom is 0.292 e. The molecule has 2 amide bonds. The number of ketones is 2. The van der Waals surface area contributed by atoms with E-state index >= 15 is 0 Å². The van der Waals surface area contributed by atoms with Gasteiger partial charge in [-0.3, -0.25) is 19.2 Å². The Morgan fingerprint density at radius 2 is 1.54 bits per heavy atom. The Morgan fingerprint density at radius 1 is 0.927 bits per heavy atom. The highest BCUT2D eigenvalue weighted by Crippen LogP contribution is 2.35. The Kier molecular flexibility index (Phi) is 12.1. The van der Waals surface area contributed by atoms with Gasteiger partial charge in [0.15, 0.2) is 11.6 Å². The number of nitrogens with one attached hydrogen (secondary N) is 2. The molecule has 0 aliphatic heterocycles. The fourth-order valence-electron chi connectivity index (χ4n) is 4.39. The van der Waals surface area contributed by atoms with Crippen LogP contribution in [-0.2, 0) is 23.9 Å². The highest BCUT2D eigenvalue weighted by atomic mass is 16.5. The van der Waals surface area contributed by atoms with E-state index in [1.54, 1.807) is 12.1 Å². The zero-order valence-corrected chi connectivity index (χ0v) is 23.7. The molecule has 0 bridgehead atoms. The highest BCUT2D eigenvalue weighted by Gasteiger charge is 2.37. The third kappa shape index (κ3) is 10.5. The van der Waals surface area contributed by atoms with Crippen molar-refractivity contribution in [2.24, 2.45) is 11.1 Å². The number of benzene rings is 1. The van der Waals surface area contributed by atoms with Gasteiger partial charge in [-0.2, -0.15) is 0 Å². The molecule has 0 atom stereocenters. The molecule has 0 radical (unpaired) electrons. The second-order valence-electron chi connectivity index (χ2n) is 10.5. The van der Waals surface area contributed by atoms with Crippen LogP contribution in [0.3, 0.4) is 0 Å². The molecule has 1 aliphatic carbocycles. The average Bonchev–Trinajstić information content (AvgIpc) is 3.41. The molecule has 3 rings (SSSR count). The van der Waals surface area contributed by atoms with Crippen molar-refractivity contribution in [3.8, 4) is 5.69 Å². The number of hydrogen-bond acceptors (Lipinski definition) is 10. The summed E-state index contributed by atoms with van der Waals surface area (Å²) in [5.41, 5.74) is 6.42. The molecular weight excluding hydrogens is 530 g/mol. The number of rotatable bonds is 17. The molecule has 1 aliphatic rings. The van der Waals surface area contributed by atoms with E-state index in [-0.39, 0.29) is 53.9 Å². The lowest BCUT2D eigenvalue weighted by atomic mass is 9.73. The summed E-state index contributed by atoms with van der Waals surface area (Å²) in [5.74, 6) is -1.16. The van der Waals surface area contributed by atoms with Gasteiger partial charge in [-0.05, 0) is 42.0 Å². The molecule has 13 heteroatoms. The van der Waals surface area contributed by atoms with Crippen molar-refractivity contribution >= 4 is 23.4 Å². The van der Waals surface area contributed by atoms with Gasteiger partial charge in [-0.15, -0.1) is 15.0 Å². The first-order valence-electron chi connectivity index (χ1n) is 13.8. The monoisotopic (exact) mass is 569 g/mol. The van der Waals surface area contributed by atoms with Gasteiger partial charge >= 0.3 is 0 Å². The molecule has 0 spiro atoms. The summed E-state index contributed by atoms with van der Waals surface area (Å²) < 4.78 is 11.1. The summed E-state index contributed by atoms with van der Waals surface area (Å²) in [6.45, 7) is 5.79. The number of carbonyl (C=O) groups is 4. The van der Waals surface area contributed by atoms with Crippen LogP contribution in [0.4, 0.5) is 0 Å². The maximum absolute atomic E-state index is 12.8. The summed E-state index contributed by atoms with van der Waals surface area (Å²) in [6, 6.07) is 9.15. The Morgan fingerprint density at radius 3 is 2.17 bits per heavy atom. The topological polar surface area (TPSA) is 180 Å². The van der Waals surface area contributed by atoms with Crippen molar-refractivity contribution in [3.63, 3.8) is 0 Å². The number of nitrogens with zero attached hydrogens (tertiary/aromatic N) is 4. The van der Waals surface area contributed by atoms with E-state index in [0.29, 0.717) is 69.9 Å². The first-order chi connectivity index (χ1) is 19.7. The molecular formula is C28H39N7O6. The first-order valence-corrected chi connectivity index (χ1v) is 13.8. The quantitative estimate of drug-likeness (QED) is 0.143. The molecule has 1 saturated carbocycles. The fraction of sp³-hybridized carbons (Fsp3) is 0.536. The van der Waals surface area contributed by atoms with Gasteiger partial charge in [0.05, 0.1) is 37.7 Å². The summed E-state index contributed by atoms with van der Waals surface area (Å²) in [5, 5.41) is 17.6. The Hall–Kier alpha value is -3.97. The van der Waals surface area contributed by atoms with Crippen molar-refractivity contribution in [3.05, 3.63) is 47.4 Å². The van der Waals surface area contributed by atoms with E-state index in [1.165, 1.54) is 4.80 Å². The summed E-state index contributed by atoms with van der Waals surface area (Å²) in [7, 11) is 0. The SMILES string of the molecule is CC1(C)CC(=O)C(=C(CCCCC(N)=O)NCCOCCOCCNC(=O)c2nnn(-c3ccccc3)n2)C(=O)C1. The molecule has 13 nitrogen and oxygen atoms in total. The largest absolute Gasteiger partial charge is 0.385 e. The van der Waals surface area contributed by atoms with Crippen molar-refractivity contribution in [2.45, 2.75) is 52.4 Å². The van der Waals surface area contributed by atoms with Crippen LogP contribution in [0.15, 0.2) is 41.6 Å². The number of hydrogen-bond donors (Lipinski definition) is 3. The van der Waals surface area contributed by atoms with E-state index in [2.05, 4.69) is 26.0 Å². The number of para-hydroxylation sites is 1. The van der Waals surface area contributed by atoms with Crippen LogP contribution in [-0.4, -0.2) is 83.1 Å². The lowest BCUT2D eigenvalue weighted by Gasteiger charge is -2.30. The zero-order chi connectivity index (χ0) is 29.7. The smallest absolute Gasteiger partial charge is 0.292 e. The Labute approximate surface area is 239 Å². The molecule has 1 aromatic carbocycles. The van der Waals surface area contributed by atoms with Crippen LogP contribution in [0.1, 0.15) is 63.0 Å². The molecule has 0 unspecified atom stereocenters. The van der Waals surface area contributed by atoms with Crippen molar-refractivity contribution < 1.29 is 28.7 Å². The van der Waals surface area contributed by atoms with Crippen LogP contribution < -0.4 is 16.4 Å². The third-order valence-corrected chi connectivity index (χ3v) is 6.33. The number of amides is 2. The van der Waals surface area contributed by atoms with Gasteiger partial charge in [0, 0.05) is 38.0 Å². The molecule has 2 aromatic rings. The van der Waals surface area contributed by atoms with Gasteiger partial charge < -0.3 is 25.8 Å². The molecule has 1 aromatic heterocycles. The average molecular weight is 570 g/mol. The van der Waals surface area contributed by atoms with Crippen LogP contribution in [0, 0.1) is 5.41 Å². The van der Waals surface area contributed by atoms with E-state index in [0.717, 1.165) is 0 Å². The predicted octanol–water partition coefficient (Wildman–Crippen LogP) is 1.27. The highest BCUT2D eigenvalue weighted by molar-refractivity contribution is 6.22. The van der Waals surface area contributed by atoms with Gasteiger partial charge in [0.1, 0.15) is 0 Å². The number of ether oxygens (including phenoxy) is 2.